The number of nitrogens with zero attached hydrogens (tertiary/aromatic N) is 1. The molecule has 0 atom stereocenters. The van der Waals surface area contributed by atoms with Crippen molar-refractivity contribution in [1.29, 1.82) is 0 Å². The average molecular weight is 270 g/mol. The maximum atomic E-state index is 13.4. The van der Waals surface area contributed by atoms with Crippen LogP contribution in [0.2, 0.25) is 0 Å². The van der Waals surface area contributed by atoms with E-state index in [4.69, 9.17) is 5.73 Å². The van der Waals surface area contributed by atoms with Crippen LogP contribution in [0.5, 0.6) is 0 Å². The zero-order valence-electron chi connectivity index (χ0n) is 10.7. The van der Waals surface area contributed by atoms with Gasteiger partial charge in [0, 0.05) is 5.69 Å². The van der Waals surface area contributed by atoms with Crippen LogP contribution in [0.15, 0.2) is 36.4 Å². The minimum Gasteiger partial charge on any atom is -0.399 e. The number of benzene rings is 2. The highest BCUT2D eigenvalue weighted by Crippen LogP contribution is 2.31. The number of anilines is 2. The number of nitrogens with two attached hydrogens (primary N) is 1. The van der Waals surface area contributed by atoms with E-state index in [0.29, 0.717) is 11.3 Å². The SMILES string of the molecule is Cc1ccc(F)cc1N1C(=O)c2ccc(N)cc2C1=O. The predicted molar refractivity (Wildman–Crippen MR) is 73.1 cm³/mol. The number of halogens is 1. The van der Waals surface area contributed by atoms with E-state index in [1.165, 1.54) is 30.3 Å². The van der Waals surface area contributed by atoms with Gasteiger partial charge in [-0.2, -0.15) is 0 Å². The highest BCUT2D eigenvalue weighted by Gasteiger charge is 2.37. The van der Waals surface area contributed by atoms with Gasteiger partial charge in [-0.1, -0.05) is 6.07 Å². The van der Waals surface area contributed by atoms with E-state index in [2.05, 4.69) is 0 Å². The Kier molecular flexibility index (Phi) is 2.57. The largest absolute Gasteiger partial charge is 0.399 e. The monoisotopic (exact) mass is 270 g/mol. The van der Waals surface area contributed by atoms with Gasteiger partial charge in [-0.15, -0.1) is 0 Å². The van der Waals surface area contributed by atoms with Gasteiger partial charge in [-0.3, -0.25) is 9.59 Å². The highest BCUT2D eigenvalue weighted by atomic mass is 19.1. The molecule has 4 nitrogen and oxygen atoms in total. The number of carbonyl (C=O) groups is 2. The molecular weight excluding hydrogens is 259 g/mol. The Bertz CT molecular complexity index is 756. The fourth-order valence-corrected chi connectivity index (χ4v) is 2.30. The van der Waals surface area contributed by atoms with Crippen molar-refractivity contribution in [2.24, 2.45) is 0 Å². The summed E-state index contributed by atoms with van der Waals surface area (Å²) in [6, 6.07) is 8.54. The molecule has 0 aliphatic carbocycles. The molecule has 2 aromatic rings. The maximum Gasteiger partial charge on any atom is 0.266 e. The molecule has 3 rings (SSSR count). The lowest BCUT2D eigenvalue weighted by molar-refractivity contribution is 0.0926. The lowest BCUT2D eigenvalue weighted by atomic mass is 10.1. The molecule has 5 heteroatoms. The van der Waals surface area contributed by atoms with Gasteiger partial charge < -0.3 is 5.73 Å². The molecule has 0 saturated heterocycles. The topological polar surface area (TPSA) is 63.4 Å². The number of imide groups is 1. The first-order chi connectivity index (χ1) is 9.49. The van der Waals surface area contributed by atoms with Gasteiger partial charge in [0.15, 0.2) is 0 Å². The summed E-state index contributed by atoms with van der Waals surface area (Å²) in [5.74, 6) is -1.44. The lowest BCUT2D eigenvalue weighted by Gasteiger charge is -2.16. The summed E-state index contributed by atoms with van der Waals surface area (Å²) < 4.78 is 13.4. The maximum absolute atomic E-state index is 13.4. The van der Waals surface area contributed by atoms with Crippen molar-refractivity contribution in [2.45, 2.75) is 6.92 Å². The second-order valence-corrected chi connectivity index (χ2v) is 4.68. The zero-order chi connectivity index (χ0) is 14.4. The summed E-state index contributed by atoms with van der Waals surface area (Å²) in [5, 5.41) is 0. The third-order valence-electron chi connectivity index (χ3n) is 3.32. The van der Waals surface area contributed by atoms with Crippen LogP contribution < -0.4 is 10.6 Å². The zero-order valence-corrected chi connectivity index (χ0v) is 10.7. The van der Waals surface area contributed by atoms with Gasteiger partial charge in [-0.05, 0) is 42.8 Å². The number of hydrogen-bond acceptors (Lipinski definition) is 3. The third kappa shape index (κ3) is 1.67. The van der Waals surface area contributed by atoms with Crippen LogP contribution >= 0.6 is 0 Å². The minimum absolute atomic E-state index is 0.249. The summed E-state index contributed by atoms with van der Waals surface area (Å²) in [4.78, 5) is 25.7. The highest BCUT2D eigenvalue weighted by molar-refractivity contribution is 6.34. The number of aryl methyl sites for hydroxylation is 1. The van der Waals surface area contributed by atoms with Crippen LogP contribution in [0.1, 0.15) is 26.3 Å². The van der Waals surface area contributed by atoms with Crippen LogP contribution in [-0.4, -0.2) is 11.8 Å². The van der Waals surface area contributed by atoms with Gasteiger partial charge in [0.05, 0.1) is 16.8 Å². The molecule has 2 aromatic carbocycles. The summed E-state index contributed by atoms with van der Waals surface area (Å²) in [6.45, 7) is 1.71. The molecule has 1 aliphatic rings. The smallest absolute Gasteiger partial charge is 0.266 e. The van der Waals surface area contributed by atoms with E-state index in [-0.39, 0.29) is 16.8 Å². The first-order valence-electron chi connectivity index (χ1n) is 6.03. The molecule has 0 saturated carbocycles. The Labute approximate surface area is 114 Å². The van der Waals surface area contributed by atoms with Crippen LogP contribution in [0.3, 0.4) is 0 Å². The second kappa shape index (κ2) is 4.16. The number of hydrogen-bond donors (Lipinski definition) is 1. The molecule has 100 valence electrons. The Morgan fingerprint density at radius 3 is 2.45 bits per heavy atom. The molecule has 0 fully saturated rings. The van der Waals surface area contributed by atoms with E-state index in [1.54, 1.807) is 13.0 Å². The Morgan fingerprint density at radius 2 is 1.70 bits per heavy atom. The molecule has 0 spiro atoms. The molecule has 0 radical (unpaired) electrons. The first-order valence-corrected chi connectivity index (χ1v) is 6.03. The number of amides is 2. The molecule has 20 heavy (non-hydrogen) atoms. The van der Waals surface area contributed by atoms with E-state index in [1.807, 2.05) is 0 Å². The van der Waals surface area contributed by atoms with Crippen LogP contribution in [-0.2, 0) is 0 Å². The number of fused-ring (bicyclic) bond motifs is 1. The molecule has 0 aromatic heterocycles. The normalized spacial score (nSPS) is 13.8. The first kappa shape index (κ1) is 12.3. The van der Waals surface area contributed by atoms with Gasteiger partial charge in [-0.25, -0.2) is 9.29 Å². The molecule has 1 aliphatic heterocycles. The van der Waals surface area contributed by atoms with Crippen molar-refractivity contribution in [2.75, 3.05) is 10.6 Å². The fourth-order valence-electron chi connectivity index (χ4n) is 2.30. The Balaban J connectivity index is 2.16. The van der Waals surface area contributed by atoms with Crippen LogP contribution in [0.4, 0.5) is 15.8 Å². The van der Waals surface area contributed by atoms with E-state index < -0.39 is 17.6 Å². The van der Waals surface area contributed by atoms with Gasteiger partial charge in [0.2, 0.25) is 0 Å². The standard InChI is InChI=1S/C15H11FN2O2/c1-8-2-3-9(16)6-13(8)18-14(19)11-5-4-10(17)7-12(11)15(18)20/h2-7H,17H2,1H3. The van der Waals surface area contributed by atoms with Crippen molar-refractivity contribution in [3.05, 3.63) is 58.9 Å². The number of carbonyl (C=O) groups excluding carboxylic acids is 2. The molecule has 1 heterocycles. The quantitative estimate of drug-likeness (QED) is 0.639. The van der Waals surface area contributed by atoms with Crippen molar-refractivity contribution in [3.63, 3.8) is 0 Å². The molecule has 0 bridgehead atoms. The van der Waals surface area contributed by atoms with Gasteiger partial charge in [0.1, 0.15) is 5.82 Å². The average Bonchev–Trinajstić information content (AvgIpc) is 2.65. The van der Waals surface area contributed by atoms with Crippen molar-refractivity contribution < 1.29 is 14.0 Å². The van der Waals surface area contributed by atoms with E-state index >= 15 is 0 Å². The van der Waals surface area contributed by atoms with Crippen molar-refractivity contribution in [3.8, 4) is 0 Å². The Hall–Kier alpha value is -2.69. The summed E-state index contributed by atoms with van der Waals surface area (Å²) in [7, 11) is 0. The number of rotatable bonds is 1. The fraction of sp³-hybridized carbons (Fsp3) is 0.0667. The minimum atomic E-state index is -0.498. The van der Waals surface area contributed by atoms with E-state index in [0.717, 1.165) is 4.90 Å². The summed E-state index contributed by atoms with van der Waals surface area (Å²) in [5.41, 5.74) is 7.48. The third-order valence-corrected chi connectivity index (χ3v) is 3.32. The van der Waals surface area contributed by atoms with Crippen LogP contribution in [0.25, 0.3) is 0 Å². The van der Waals surface area contributed by atoms with Gasteiger partial charge in [0.25, 0.3) is 11.8 Å². The predicted octanol–water partition coefficient (Wildman–Crippen LogP) is 2.52. The summed E-state index contributed by atoms with van der Waals surface area (Å²) in [6.07, 6.45) is 0. The second-order valence-electron chi connectivity index (χ2n) is 4.68. The van der Waals surface area contributed by atoms with Gasteiger partial charge >= 0.3 is 0 Å². The van der Waals surface area contributed by atoms with E-state index in [9.17, 15) is 14.0 Å². The molecule has 2 N–H and O–H groups in total. The van der Waals surface area contributed by atoms with Crippen LogP contribution in [0, 0.1) is 12.7 Å². The van der Waals surface area contributed by atoms with Crippen molar-refractivity contribution in [1.82, 2.24) is 0 Å². The molecule has 0 unspecified atom stereocenters. The Morgan fingerprint density at radius 1 is 1.00 bits per heavy atom. The molecule has 2 amide bonds. The van der Waals surface area contributed by atoms with Crippen molar-refractivity contribution >= 4 is 23.2 Å². The number of nitrogen functional groups attached to an aromatic ring is 1. The molecular formula is C15H11FN2O2. The summed E-state index contributed by atoms with van der Waals surface area (Å²) >= 11 is 0. The lowest BCUT2D eigenvalue weighted by Crippen LogP contribution is -2.30.